The van der Waals surface area contributed by atoms with Crippen LogP contribution in [0.3, 0.4) is 0 Å². The van der Waals surface area contributed by atoms with Gasteiger partial charge in [-0.15, -0.1) is 0 Å². The van der Waals surface area contributed by atoms with Crippen molar-refractivity contribution >= 4 is 5.97 Å². The van der Waals surface area contributed by atoms with E-state index in [0.717, 1.165) is 37.0 Å². The predicted octanol–water partition coefficient (Wildman–Crippen LogP) is 2.94. The lowest BCUT2D eigenvalue weighted by Crippen LogP contribution is -2.26. The zero-order valence-electron chi connectivity index (χ0n) is 12.1. The molecule has 1 aromatic carbocycles. The molecule has 20 heavy (non-hydrogen) atoms. The van der Waals surface area contributed by atoms with Gasteiger partial charge >= 0.3 is 5.97 Å². The van der Waals surface area contributed by atoms with Crippen LogP contribution >= 0.6 is 0 Å². The van der Waals surface area contributed by atoms with Gasteiger partial charge in [0.2, 0.25) is 0 Å². The number of hydrogen-bond donors (Lipinski definition) is 0. The lowest BCUT2D eigenvalue weighted by Gasteiger charge is -2.27. The third-order valence-corrected chi connectivity index (χ3v) is 3.83. The summed E-state index contributed by atoms with van der Waals surface area (Å²) in [4.78, 5) is 11.4. The Balaban J connectivity index is 1.77. The maximum atomic E-state index is 11.4. The molecule has 0 heterocycles. The average molecular weight is 278 g/mol. The number of benzene rings is 1. The van der Waals surface area contributed by atoms with Gasteiger partial charge in [-0.3, -0.25) is 4.79 Å². The van der Waals surface area contributed by atoms with E-state index in [2.05, 4.69) is 0 Å². The Morgan fingerprint density at radius 3 is 2.60 bits per heavy atom. The summed E-state index contributed by atoms with van der Waals surface area (Å²) in [7, 11) is 3.11. The smallest absolute Gasteiger partial charge is 0.308 e. The second-order valence-electron chi connectivity index (χ2n) is 5.16. The lowest BCUT2D eigenvalue weighted by molar-refractivity contribution is -0.147. The Hall–Kier alpha value is -1.55. The molecule has 0 atom stereocenters. The number of ether oxygens (including phenoxy) is 3. The molecule has 1 aliphatic rings. The van der Waals surface area contributed by atoms with E-state index in [9.17, 15) is 4.79 Å². The minimum atomic E-state index is -0.0868. The molecule has 0 saturated heterocycles. The molecule has 1 aromatic rings. The second-order valence-corrected chi connectivity index (χ2v) is 5.16. The summed E-state index contributed by atoms with van der Waals surface area (Å²) < 4.78 is 15.9. The number of carbonyl (C=O) groups excluding carboxylic acids is 1. The molecule has 4 nitrogen and oxygen atoms in total. The van der Waals surface area contributed by atoms with Crippen LogP contribution in [0, 0.1) is 5.92 Å². The van der Waals surface area contributed by atoms with Crippen LogP contribution in [0.15, 0.2) is 24.3 Å². The molecule has 0 radical (unpaired) electrons. The Bertz CT molecular complexity index is 436. The van der Waals surface area contributed by atoms with Crippen LogP contribution in [0.2, 0.25) is 0 Å². The van der Waals surface area contributed by atoms with Gasteiger partial charge in [-0.1, -0.05) is 12.1 Å². The van der Waals surface area contributed by atoms with Gasteiger partial charge in [0.1, 0.15) is 5.75 Å². The fourth-order valence-corrected chi connectivity index (χ4v) is 2.61. The summed E-state index contributed by atoms with van der Waals surface area (Å²) in [6.07, 6.45) is 3.79. The summed E-state index contributed by atoms with van der Waals surface area (Å²) in [6, 6.07) is 7.90. The van der Waals surface area contributed by atoms with Crippen LogP contribution in [-0.4, -0.2) is 26.3 Å². The van der Waals surface area contributed by atoms with Crippen LogP contribution in [-0.2, 0) is 20.9 Å². The second kappa shape index (κ2) is 7.29. The van der Waals surface area contributed by atoms with E-state index >= 15 is 0 Å². The quantitative estimate of drug-likeness (QED) is 0.777. The highest BCUT2D eigenvalue weighted by Crippen LogP contribution is 2.27. The molecular weight excluding hydrogens is 256 g/mol. The topological polar surface area (TPSA) is 44.8 Å². The molecule has 0 N–H and O–H groups in total. The maximum Gasteiger partial charge on any atom is 0.308 e. The van der Waals surface area contributed by atoms with Crippen LogP contribution in [0.1, 0.15) is 31.2 Å². The first kappa shape index (κ1) is 14.9. The van der Waals surface area contributed by atoms with E-state index in [1.807, 2.05) is 24.3 Å². The molecule has 0 aliphatic heterocycles. The highest BCUT2D eigenvalue weighted by atomic mass is 16.5. The normalized spacial score (nSPS) is 22.3. The summed E-state index contributed by atoms with van der Waals surface area (Å²) >= 11 is 0. The Morgan fingerprint density at radius 1 is 1.20 bits per heavy atom. The molecule has 110 valence electrons. The fraction of sp³-hybridized carbons (Fsp3) is 0.562. The number of esters is 1. The first-order valence-electron chi connectivity index (χ1n) is 7.05. The van der Waals surface area contributed by atoms with Crippen molar-refractivity contribution in [3.8, 4) is 5.75 Å². The first-order chi connectivity index (χ1) is 9.72. The van der Waals surface area contributed by atoms with Crippen molar-refractivity contribution < 1.29 is 19.0 Å². The van der Waals surface area contributed by atoms with Crippen molar-refractivity contribution in [1.82, 2.24) is 0 Å². The van der Waals surface area contributed by atoms with Crippen LogP contribution in [0.4, 0.5) is 0 Å². The van der Waals surface area contributed by atoms with Crippen LogP contribution < -0.4 is 4.74 Å². The molecule has 1 aliphatic carbocycles. The van der Waals surface area contributed by atoms with E-state index in [-0.39, 0.29) is 18.0 Å². The van der Waals surface area contributed by atoms with Crippen molar-refractivity contribution in [3.63, 3.8) is 0 Å². The first-order valence-corrected chi connectivity index (χ1v) is 7.05. The SMILES string of the molecule is COC(=O)C1CCC(OCc2cccc(OC)c2)CC1. The van der Waals surface area contributed by atoms with Gasteiger partial charge in [-0.25, -0.2) is 0 Å². The predicted molar refractivity (Wildman–Crippen MR) is 75.5 cm³/mol. The molecule has 1 fully saturated rings. The highest BCUT2D eigenvalue weighted by Gasteiger charge is 2.27. The number of rotatable bonds is 5. The number of methoxy groups -OCH3 is 2. The summed E-state index contributed by atoms with van der Waals surface area (Å²) in [6.45, 7) is 0.588. The monoisotopic (exact) mass is 278 g/mol. The highest BCUT2D eigenvalue weighted by molar-refractivity contribution is 5.72. The van der Waals surface area contributed by atoms with Crippen molar-refractivity contribution in [3.05, 3.63) is 29.8 Å². The van der Waals surface area contributed by atoms with E-state index in [1.165, 1.54) is 7.11 Å². The van der Waals surface area contributed by atoms with Gasteiger partial charge in [0.05, 0.1) is 32.8 Å². The third kappa shape index (κ3) is 3.97. The minimum absolute atomic E-state index is 0.0525. The maximum absolute atomic E-state index is 11.4. The van der Waals surface area contributed by atoms with Gasteiger partial charge in [0.25, 0.3) is 0 Å². The van der Waals surface area contributed by atoms with E-state index in [0.29, 0.717) is 6.61 Å². The summed E-state index contributed by atoms with van der Waals surface area (Å²) in [5.74, 6) is 0.813. The largest absolute Gasteiger partial charge is 0.497 e. The fourth-order valence-electron chi connectivity index (χ4n) is 2.61. The van der Waals surface area contributed by atoms with Gasteiger partial charge in [-0.2, -0.15) is 0 Å². The van der Waals surface area contributed by atoms with Crippen molar-refractivity contribution in [1.29, 1.82) is 0 Å². The van der Waals surface area contributed by atoms with E-state index in [4.69, 9.17) is 14.2 Å². The lowest BCUT2D eigenvalue weighted by atomic mass is 9.87. The minimum Gasteiger partial charge on any atom is -0.497 e. The molecule has 0 bridgehead atoms. The molecule has 0 amide bonds. The number of hydrogen-bond acceptors (Lipinski definition) is 4. The molecule has 1 saturated carbocycles. The van der Waals surface area contributed by atoms with Gasteiger partial charge in [0, 0.05) is 0 Å². The van der Waals surface area contributed by atoms with E-state index < -0.39 is 0 Å². The standard InChI is InChI=1S/C16H22O4/c1-18-15-5-3-4-12(10-15)11-20-14-8-6-13(7-9-14)16(17)19-2/h3-5,10,13-14H,6-9,11H2,1-2H3. The van der Waals surface area contributed by atoms with Crippen molar-refractivity contribution in [2.75, 3.05) is 14.2 Å². The third-order valence-electron chi connectivity index (χ3n) is 3.83. The van der Waals surface area contributed by atoms with Crippen LogP contribution in [0.5, 0.6) is 5.75 Å². The Labute approximate surface area is 120 Å². The Morgan fingerprint density at radius 2 is 1.95 bits per heavy atom. The molecule has 0 aromatic heterocycles. The number of carbonyl (C=O) groups is 1. The average Bonchev–Trinajstić information content (AvgIpc) is 2.53. The molecular formula is C16H22O4. The van der Waals surface area contributed by atoms with Gasteiger partial charge in [0.15, 0.2) is 0 Å². The molecule has 0 spiro atoms. The van der Waals surface area contributed by atoms with Gasteiger partial charge < -0.3 is 14.2 Å². The van der Waals surface area contributed by atoms with Crippen LogP contribution in [0.25, 0.3) is 0 Å². The Kier molecular flexibility index (Phi) is 5.41. The van der Waals surface area contributed by atoms with Gasteiger partial charge in [-0.05, 0) is 43.4 Å². The zero-order valence-corrected chi connectivity index (χ0v) is 12.1. The van der Waals surface area contributed by atoms with E-state index in [1.54, 1.807) is 7.11 Å². The molecule has 4 heteroatoms. The zero-order chi connectivity index (χ0) is 14.4. The van der Waals surface area contributed by atoms with Crippen molar-refractivity contribution in [2.24, 2.45) is 5.92 Å². The summed E-state index contributed by atoms with van der Waals surface area (Å²) in [5.41, 5.74) is 1.11. The molecule has 2 rings (SSSR count). The summed E-state index contributed by atoms with van der Waals surface area (Å²) in [5, 5.41) is 0. The van der Waals surface area contributed by atoms with Crippen molar-refractivity contribution in [2.45, 2.75) is 38.4 Å². The molecule has 0 unspecified atom stereocenters.